The lowest BCUT2D eigenvalue weighted by molar-refractivity contribution is -0.267. The van der Waals surface area contributed by atoms with Gasteiger partial charge >= 0.3 is 11.9 Å². The van der Waals surface area contributed by atoms with E-state index in [0.717, 1.165) is 24.3 Å². The van der Waals surface area contributed by atoms with Crippen molar-refractivity contribution >= 4 is 22.9 Å². The highest BCUT2D eigenvalue weighted by atomic mass is 16.7. The Kier molecular flexibility index (Phi) is 9.39. The molecule has 12 N–H and O–H groups in total. The summed E-state index contributed by atoms with van der Waals surface area (Å²) in [6, 6.07) is 6.02. The van der Waals surface area contributed by atoms with E-state index in [9.17, 15) is 75.7 Å². The molecule has 0 amide bonds. The van der Waals surface area contributed by atoms with E-state index < -0.39 is 145 Å². The third-order valence-corrected chi connectivity index (χ3v) is 8.34. The molecule has 0 bridgehead atoms. The minimum atomic E-state index is -2.17. The first-order valence-electron chi connectivity index (χ1n) is 15.6. The van der Waals surface area contributed by atoms with Crippen LogP contribution in [0, 0.1) is 0 Å². The van der Waals surface area contributed by atoms with Crippen molar-refractivity contribution in [3.63, 3.8) is 0 Å². The Morgan fingerprint density at radius 3 is 1.56 bits per heavy atom. The number of phenolic OH excluding ortho intramolecular Hbond substituents is 11. The molecule has 20 heteroatoms. The van der Waals surface area contributed by atoms with Crippen LogP contribution in [-0.2, 0) is 14.2 Å². The zero-order chi connectivity index (χ0) is 40.2. The van der Waals surface area contributed by atoms with Gasteiger partial charge in [-0.1, -0.05) is 0 Å². The van der Waals surface area contributed by atoms with E-state index in [1.54, 1.807) is 0 Å². The highest BCUT2D eigenvalue weighted by molar-refractivity contribution is 5.92. The Hall–Kier alpha value is -7.45. The zero-order valence-electron chi connectivity index (χ0n) is 27.6. The quantitative estimate of drug-likeness (QED) is 0.0833. The van der Waals surface area contributed by atoms with Gasteiger partial charge in [-0.15, -0.1) is 0 Å². The molecule has 1 aromatic heterocycles. The third-order valence-electron chi connectivity index (χ3n) is 8.34. The Bertz CT molecular complexity index is 2370. The van der Waals surface area contributed by atoms with Crippen molar-refractivity contribution in [1.29, 1.82) is 0 Å². The zero-order valence-corrected chi connectivity index (χ0v) is 27.6. The van der Waals surface area contributed by atoms with Crippen LogP contribution in [0.2, 0.25) is 0 Å². The van der Waals surface area contributed by atoms with Gasteiger partial charge in [-0.25, -0.2) is 9.59 Å². The third kappa shape index (κ3) is 6.80. The number of carbonyl (C=O) groups excluding carboxylic acids is 2. The van der Waals surface area contributed by atoms with Crippen molar-refractivity contribution in [2.24, 2.45) is 0 Å². The average molecular weight is 769 g/mol. The Labute approximate surface area is 304 Å². The standard InChI is InChI=1S/C35H28O20/c1-10-24(44)30(53-33(49)12-4-18(40)26(46)19(41)5-12)32(54-34(50)13-6-20(42)27(47)21(43)7-13)35(51-10)55-31-28(48)23-15(37)8-14(36)9-22(23)52-29(31)11-2-16(38)25(45)17(39)3-11/h2-10,24,30,32,35-47H,1H3/t10-,24-,30+,32+,35-/m0/s1. The van der Waals surface area contributed by atoms with Crippen LogP contribution >= 0.6 is 0 Å². The smallest absolute Gasteiger partial charge is 0.339 e. The number of esters is 2. The molecule has 288 valence electrons. The first kappa shape index (κ1) is 37.3. The molecule has 1 saturated heterocycles. The lowest BCUT2D eigenvalue weighted by Gasteiger charge is -2.42. The van der Waals surface area contributed by atoms with Crippen LogP contribution in [0.15, 0.2) is 57.7 Å². The molecule has 2 heterocycles. The second kappa shape index (κ2) is 13.8. The van der Waals surface area contributed by atoms with Gasteiger partial charge in [0, 0.05) is 17.7 Å². The summed E-state index contributed by atoms with van der Waals surface area (Å²) in [5.41, 5.74) is -3.29. The Morgan fingerprint density at radius 1 is 0.618 bits per heavy atom. The fraction of sp³-hybridized carbons (Fsp3) is 0.171. The van der Waals surface area contributed by atoms with Crippen LogP contribution in [0.5, 0.6) is 69.0 Å². The topological polar surface area (TPSA) is 344 Å². The summed E-state index contributed by atoms with van der Waals surface area (Å²) in [6.45, 7) is 1.22. The molecule has 4 aromatic carbocycles. The molecule has 5 atom stereocenters. The van der Waals surface area contributed by atoms with E-state index in [2.05, 4.69) is 0 Å². The van der Waals surface area contributed by atoms with E-state index >= 15 is 0 Å². The number of fused-ring (bicyclic) bond motifs is 1. The van der Waals surface area contributed by atoms with Gasteiger partial charge in [-0.3, -0.25) is 4.79 Å². The molecule has 1 fully saturated rings. The number of rotatable bonds is 7. The molecule has 5 aromatic rings. The van der Waals surface area contributed by atoms with Crippen molar-refractivity contribution in [2.75, 3.05) is 0 Å². The van der Waals surface area contributed by atoms with Crippen LogP contribution in [0.25, 0.3) is 22.3 Å². The van der Waals surface area contributed by atoms with Crippen molar-refractivity contribution < 1.29 is 94.2 Å². The SMILES string of the molecule is C[C@@H]1O[C@@H](Oc2c(-c3cc(O)c(O)c(O)c3)oc3cc(O)cc(O)c3c2=O)[C@H](OC(=O)c2cc(O)c(O)c(O)c2)[C@H](OC(=O)c2cc(O)c(O)c(O)c2)[C@H]1O. The maximum atomic E-state index is 14.1. The van der Waals surface area contributed by atoms with Crippen molar-refractivity contribution in [2.45, 2.75) is 37.6 Å². The second-order valence-electron chi connectivity index (χ2n) is 12.1. The number of aromatic hydroxyl groups is 11. The van der Waals surface area contributed by atoms with E-state index in [-0.39, 0.29) is 5.56 Å². The molecular formula is C35H28O20. The first-order valence-corrected chi connectivity index (χ1v) is 15.6. The van der Waals surface area contributed by atoms with Gasteiger partial charge < -0.3 is 84.6 Å². The van der Waals surface area contributed by atoms with Gasteiger partial charge in [0.25, 0.3) is 0 Å². The molecule has 6 rings (SSSR count). The summed E-state index contributed by atoms with van der Waals surface area (Å²) in [5, 5.41) is 121. The number of carbonyl (C=O) groups is 2. The lowest BCUT2D eigenvalue weighted by Crippen LogP contribution is -2.61. The maximum Gasteiger partial charge on any atom is 0.339 e. The molecule has 1 aliphatic heterocycles. The molecule has 0 aliphatic carbocycles. The number of ether oxygens (including phenoxy) is 4. The molecule has 55 heavy (non-hydrogen) atoms. The minimum absolute atomic E-state index is 0.368. The fourth-order valence-corrected chi connectivity index (χ4v) is 5.58. The highest BCUT2D eigenvalue weighted by Gasteiger charge is 2.50. The summed E-state index contributed by atoms with van der Waals surface area (Å²) < 4.78 is 28.4. The molecule has 1 aliphatic rings. The molecule has 0 radical (unpaired) electrons. The van der Waals surface area contributed by atoms with Crippen LogP contribution in [-0.4, -0.2) is 104 Å². The van der Waals surface area contributed by atoms with E-state index in [1.165, 1.54) is 6.92 Å². The number of aliphatic hydroxyl groups is 1. The number of phenols is 11. The van der Waals surface area contributed by atoms with Gasteiger partial charge in [0.1, 0.15) is 28.6 Å². The normalized spacial score (nSPS) is 19.5. The molecule has 20 nitrogen and oxygen atoms in total. The largest absolute Gasteiger partial charge is 0.508 e. The van der Waals surface area contributed by atoms with Gasteiger partial charge in [-0.05, 0) is 43.3 Å². The number of benzene rings is 4. The predicted molar refractivity (Wildman–Crippen MR) is 178 cm³/mol. The number of hydrogen-bond acceptors (Lipinski definition) is 20. The van der Waals surface area contributed by atoms with E-state index in [1.807, 2.05) is 0 Å². The van der Waals surface area contributed by atoms with Crippen LogP contribution in [0.1, 0.15) is 27.6 Å². The summed E-state index contributed by atoms with van der Waals surface area (Å²) in [4.78, 5) is 40.9. The highest BCUT2D eigenvalue weighted by Crippen LogP contribution is 2.44. The summed E-state index contributed by atoms with van der Waals surface area (Å²) in [6.07, 6.45) is -9.69. The summed E-state index contributed by atoms with van der Waals surface area (Å²) in [5.74, 6) is -14.5. The molecular weight excluding hydrogens is 740 g/mol. The van der Waals surface area contributed by atoms with Gasteiger partial charge in [-0.2, -0.15) is 0 Å². The summed E-state index contributed by atoms with van der Waals surface area (Å²) >= 11 is 0. The Balaban J connectivity index is 1.51. The van der Waals surface area contributed by atoms with Crippen LogP contribution in [0.4, 0.5) is 0 Å². The second-order valence-corrected chi connectivity index (χ2v) is 12.1. The van der Waals surface area contributed by atoms with E-state index in [4.69, 9.17) is 23.4 Å². The molecule has 0 saturated carbocycles. The maximum absolute atomic E-state index is 14.1. The lowest BCUT2D eigenvalue weighted by atomic mass is 9.98. The van der Waals surface area contributed by atoms with Crippen molar-refractivity contribution in [1.82, 2.24) is 0 Å². The van der Waals surface area contributed by atoms with Crippen molar-refractivity contribution in [3.05, 3.63) is 69.9 Å². The Morgan fingerprint density at radius 2 is 1.07 bits per heavy atom. The molecule has 0 unspecified atom stereocenters. The number of aliphatic hydroxyl groups excluding tert-OH is 1. The van der Waals surface area contributed by atoms with Crippen LogP contribution < -0.4 is 10.2 Å². The summed E-state index contributed by atoms with van der Waals surface area (Å²) in [7, 11) is 0. The predicted octanol–water partition coefficient (Wildman–Crippen LogP) is 2.16. The minimum Gasteiger partial charge on any atom is -0.508 e. The van der Waals surface area contributed by atoms with Gasteiger partial charge in [0.15, 0.2) is 63.6 Å². The van der Waals surface area contributed by atoms with E-state index in [0.29, 0.717) is 24.3 Å². The molecule has 0 spiro atoms. The average Bonchev–Trinajstić information content (AvgIpc) is 3.11. The fourth-order valence-electron chi connectivity index (χ4n) is 5.58. The number of hydrogen-bond donors (Lipinski definition) is 12. The van der Waals surface area contributed by atoms with Gasteiger partial charge in [0.05, 0.1) is 17.2 Å². The van der Waals surface area contributed by atoms with Crippen molar-refractivity contribution in [3.8, 4) is 80.3 Å². The first-order chi connectivity index (χ1) is 25.9. The van der Waals surface area contributed by atoms with Crippen LogP contribution in [0.3, 0.4) is 0 Å². The monoisotopic (exact) mass is 768 g/mol. The van der Waals surface area contributed by atoms with Gasteiger partial charge in [0.2, 0.25) is 23.6 Å².